The van der Waals surface area contributed by atoms with Crippen molar-refractivity contribution in [3.05, 3.63) is 63.0 Å². The van der Waals surface area contributed by atoms with E-state index in [1.165, 1.54) is 0 Å². The highest BCUT2D eigenvalue weighted by atomic mass is 79.9. The molecule has 10 heteroatoms. The van der Waals surface area contributed by atoms with Crippen molar-refractivity contribution in [2.45, 2.75) is 13.5 Å². The maximum absolute atomic E-state index is 12.9. The molecular formula is C25H25BrN2O6S. The van der Waals surface area contributed by atoms with Crippen molar-refractivity contribution < 1.29 is 28.6 Å². The Balaban J connectivity index is 1.45. The number of carbonyl (C=O) groups is 3. The number of thioether (sulfide) groups is 1. The molecule has 8 nitrogen and oxygen atoms in total. The highest BCUT2D eigenvalue weighted by molar-refractivity contribution is 9.10. The number of carbonyl (C=O) groups excluding carboxylic acids is 3. The van der Waals surface area contributed by atoms with Crippen molar-refractivity contribution in [3.8, 4) is 11.5 Å². The Morgan fingerprint density at radius 2 is 1.83 bits per heavy atom. The third-order valence-electron chi connectivity index (χ3n) is 5.40. The molecule has 0 aromatic heterocycles. The summed E-state index contributed by atoms with van der Waals surface area (Å²) in [5.74, 6) is 0.383. The molecule has 2 aromatic carbocycles. The van der Waals surface area contributed by atoms with Crippen molar-refractivity contribution in [3.63, 3.8) is 0 Å². The first kappa shape index (κ1) is 25.3. The summed E-state index contributed by atoms with van der Waals surface area (Å²) in [6.45, 7) is 4.26. The quantitative estimate of drug-likeness (QED) is 0.444. The lowest BCUT2D eigenvalue weighted by Gasteiger charge is -2.28. The normalized spacial score (nSPS) is 17.3. The first-order valence-corrected chi connectivity index (χ1v) is 12.8. The van der Waals surface area contributed by atoms with Gasteiger partial charge < -0.3 is 19.1 Å². The van der Waals surface area contributed by atoms with E-state index in [9.17, 15) is 14.4 Å². The monoisotopic (exact) mass is 560 g/mol. The summed E-state index contributed by atoms with van der Waals surface area (Å²) in [5.41, 5.74) is 1.70. The van der Waals surface area contributed by atoms with Crippen LogP contribution in [-0.2, 0) is 20.9 Å². The highest BCUT2D eigenvalue weighted by Gasteiger charge is 2.37. The number of halogens is 1. The molecule has 3 amide bonds. The minimum atomic E-state index is -0.477. The summed E-state index contributed by atoms with van der Waals surface area (Å²) in [5, 5.41) is -0.456. The van der Waals surface area contributed by atoms with Crippen LogP contribution in [0.5, 0.6) is 11.5 Å². The van der Waals surface area contributed by atoms with E-state index in [1.54, 1.807) is 29.2 Å². The zero-order chi connectivity index (χ0) is 24.8. The van der Waals surface area contributed by atoms with Crippen LogP contribution < -0.4 is 9.47 Å². The SMILES string of the molecule is CCOc1cc(/C=C2/SC(=O)N(CC(=O)N3CCOCC3)C2=O)ccc1OCc1ccc(Br)cc1. The molecule has 184 valence electrons. The number of hydrogen-bond donors (Lipinski definition) is 0. The van der Waals surface area contributed by atoms with Gasteiger partial charge >= 0.3 is 0 Å². The summed E-state index contributed by atoms with van der Waals surface area (Å²) in [6.07, 6.45) is 1.63. The van der Waals surface area contributed by atoms with Crippen LogP contribution in [0.1, 0.15) is 18.1 Å². The molecule has 2 fully saturated rings. The number of hydrogen-bond acceptors (Lipinski definition) is 7. The van der Waals surface area contributed by atoms with Crippen molar-refractivity contribution >= 4 is 50.8 Å². The van der Waals surface area contributed by atoms with E-state index < -0.39 is 11.1 Å². The average molecular weight is 561 g/mol. The van der Waals surface area contributed by atoms with Crippen LogP contribution >= 0.6 is 27.7 Å². The Hall–Kier alpha value is -2.82. The van der Waals surface area contributed by atoms with Crippen molar-refractivity contribution in [1.29, 1.82) is 0 Å². The summed E-state index contributed by atoms with van der Waals surface area (Å²) < 4.78 is 17.9. The molecule has 0 N–H and O–H groups in total. The topological polar surface area (TPSA) is 85.4 Å². The molecule has 0 bridgehead atoms. The van der Waals surface area contributed by atoms with Gasteiger partial charge in [-0.25, -0.2) is 0 Å². The van der Waals surface area contributed by atoms with Crippen LogP contribution in [0, 0.1) is 0 Å². The predicted octanol–water partition coefficient (Wildman–Crippen LogP) is 4.32. The highest BCUT2D eigenvalue weighted by Crippen LogP contribution is 2.35. The van der Waals surface area contributed by atoms with E-state index >= 15 is 0 Å². The largest absolute Gasteiger partial charge is 0.490 e. The van der Waals surface area contributed by atoms with Crippen molar-refractivity contribution in [1.82, 2.24) is 9.80 Å². The van der Waals surface area contributed by atoms with E-state index in [1.807, 2.05) is 31.2 Å². The summed E-state index contributed by atoms with van der Waals surface area (Å²) in [4.78, 5) is 40.7. The second kappa shape index (κ2) is 11.7. The number of imide groups is 1. The van der Waals surface area contributed by atoms with Crippen molar-refractivity contribution in [2.24, 2.45) is 0 Å². The second-order valence-electron chi connectivity index (χ2n) is 7.82. The van der Waals surface area contributed by atoms with Gasteiger partial charge in [-0.15, -0.1) is 0 Å². The van der Waals surface area contributed by atoms with Gasteiger partial charge in [0, 0.05) is 17.6 Å². The second-order valence-corrected chi connectivity index (χ2v) is 9.72. The van der Waals surface area contributed by atoms with Gasteiger partial charge in [-0.05, 0) is 60.2 Å². The predicted molar refractivity (Wildman–Crippen MR) is 136 cm³/mol. The maximum Gasteiger partial charge on any atom is 0.294 e. The number of ether oxygens (including phenoxy) is 3. The standard InChI is InChI=1S/C25H25BrN2O6S/c1-2-33-21-13-18(5-8-20(21)34-16-17-3-6-19(26)7-4-17)14-22-24(30)28(25(31)35-22)15-23(29)27-9-11-32-12-10-27/h3-8,13-14H,2,9-12,15-16H2,1H3/b22-14+. The summed E-state index contributed by atoms with van der Waals surface area (Å²) >= 11 is 4.24. The lowest BCUT2D eigenvalue weighted by molar-refractivity contribution is -0.139. The van der Waals surface area contributed by atoms with Gasteiger partial charge in [0.25, 0.3) is 11.1 Å². The third-order valence-corrected chi connectivity index (χ3v) is 6.84. The Bertz CT molecular complexity index is 1130. The zero-order valence-electron chi connectivity index (χ0n) is 19.2. The maximum atomic E-state index is 12.9. The molecule has 2 aromatic rings. The molecule has 2 saturated heterocycles. The Morgan fingerprint density at radius 3 is 2.54 bits per heavy atom. The Morgan fingerprint density at radius 1 is 1.09 bits per heavy atom. The van der Waals surface area contributed by atoms with Crippen LogP contribution in [0.15, 0.2) is 51.8 Å². The van der Waals surface area contributed by atoms with Gasteiger partial charge in [0.2, 0.25) is 5.91 Å². The fourth-order valence-electron chi connectivity index (χ4n) is 3.58. The molecule has 2 heterocycles. The molecule has 0 aliphatic carbocycles. The third kappa shape index (κ3) is 6.45. The molecule has 2 aliphatic rings. The van der Waals surface area contributed by atoms with Crippen molar-refractivity contribution in [2.75, 3.05) is 39.5 Å². The van der Waals surface area contributed by atoms with Crippen LogP contribution in [0.3, 0.4) is 0 Å². The minimum absolute atomic E-state index is 0.260. The van der Waals surface area contributed by atoms with Crippen LogP contribution in [0.2, 0.25) is 0 Å². The molecule has 2 aliphatic heterocycles. The molecule has 0 unspecified atom stereocenters. The van der Waals surface area contributed by atoms with E-state index in [4.69, 9.17) is 14.2 Å². The number of morpholine rings is 1. The number of rotatable bonds is 8. The zero-order valence-corrected chi connectivity index (χ0v) is 21.6. The molecular weight excluding hydrogens is 536 g/mol. The molecule has 0 saturated carbocycles. The number of benzene rings is 2. The number of amides is 3. The summed E-state index contributed by atoms with van der Waals surface area (Å²) in [6, 6.07) is 13.2. The first-order valence-electron chi connectivity index (χ1n) is 11.2. The van der Waals surface area contributed by atoms with E-state index in [0.717, 1.165) is 26.7 Å². The van der Waals surface area contributed by atoms with Gasteiger partial charge in [0.15, 0.2) is 11.5 Å². The van der Waals surface area contributed by atoms with E-state index in [2.05, 4.69) is 15.9 Å². The van der Waals surface area contributed by atoms with Gasteiger partial charge in [-0.3, -0.25) is 19.3 Å². The van der Waals surface area contributed by atoms with Gasteiger partial charge in [0.1, 0.15) is 13.2 Å². The van der Waals surface area contributed by atoms with Crippen LogP contribution in [-0.4, -0.2) is 66.3 Å². The van der Waals surface area contributed by atoms with E-state index in [-0.39, 0.29) is 17.4 Å². The van der Waals surface area contributed by atoms with Crippen LogP contribution in [0.25, 0.3) is 6.08 Å². The fraction of sp³-hybridized carbons (Fsp3) is 0.320. The van der Waals surface area contributed by atoms with Gasteiger partial charge in [-0.2, -0.15) is 0 Å². The van der Waals surface area contributed by atoms with E-state index in [0.29, 0.717) is 56.6 Å². The van der Waals surface area contributed by atoms with Crippen LogP contribution in [0.4, 0.5) is 4.79 Å². The van der Waals surface area contributed by atoms with Gasteiger partial charge in [-0.1, -0.05) is 34.1 Å². The Kier molecular flexibility index (Phi) is 8.48. The molecule has 0 atom stereocenters. The average Bonchev–Trinajstić information content (AvgIpc) is 3.12. The first-order chi connectivity index (χ1) is 16.9. The summed E-state index contributed by atoms with van der Waals surface area (Å²) in [7, 11) is 0. The lowest BCUT2D eigenvalue weighted by Crippen LogP contribution is -2.46. The lowest BCUT2D eigenvalue weighted by atomic mass is 10.1. The smallest absolute Gasteiger partial charge is 0.294 e. The molecule has 0 spiro atoms. The van der Waals surface area contributed by atoms with Gasteiger partial charge in [0.05, 0.1) is 24.7 Å². The molecule has 35 heavy (non-hydrogen) atoms. The molecule has 0 radical (unpaired) electrons. The molecule has 4 rings (SSSR count). The number of nitrogens with zero attached hydrogens (tertiary/aromatic N) is 2. The Labute approximate surface area is 216 Å². The fourth-order valence-corrected chi connectivity index (χ4v) is 4.68. The minimum Gasteiger partial charge on any atom is -0.490 e.